The van der Waals surface area contributed by atoms with Crippen LogP contribution in [0.2, 0.25) is 0 Å². The van der Waals surface area contributed by atoms with E-state index in [9.17, 15) is 0 Å². The molecular formula is C13H19N3O. The SMILES string of the molecule is COCCc1ccccc1NC(N)=NC1CC1. The fourth-order valence-electron chi connectivity index (χ4n) is 1.64. The third kappa shape index (κ3) is 3.75. The monoisotopic (exact) mass is 233 g/mol. The summed E-state index contributed by atoms with van der Waals surface area (Å²) in [6, 6.07) is 8.54. The molecule has 1 aliphatic carbocycles. The zero-order valence-corrected chi connectivity index (χ0v) is 10.1. The Hall–Kier alpha value is -1.55. The normalized spacial score (nSPS) is 15.9. The van der Waals surface area contributed by atoms with Crippen molar-refractivity contribution in [2.75, 3.05) is 19.0 Å². The van der Waals surface area contributed by atoms with E-state index >= 15 is 0 Å². The van der Waals surface area contributed by atoms with E-state index in [0.717, 1.165) is 24.9 Å². The summed E-state index contributed by atoms with van der Waals surface area (Å²) in [5.74, 6) is 0.511. The minimum atomic E-state index is 0.439. The summed E-state index contributed by atoms with van der Waals surface area (Å²) < 4.78 is 5.09. The second kappa shape index (κ2) is 5.68. The number of aliphatic imine (C=N–C) groups is 1. The topological polar surface area (TPSA) is 59.6 Å². The lowest BCUT2D eigenvalue weighted by atomic mass is 10.1. The van der Waals surface area contributed by atoms with Gasteiger partial charge in [0, 0.05) is 12.8 Å². The van der Waals surface area contributed by atoms with E-state index in [-0.39, 0.29) is 0 Å². The van der Waals surface area contributed by atoms with Crippen LogP contribution in [-0.2, 0) is 11.2 Å². The van der Waals surface area contributed by atoms with Crippen LogP contribution in [0.4, 0.5) is 5.69 Å². The van der Waals surface area contributed by atoms with Crippen molar-refractivity contribution in [2.45, 2.75) is 25.3 Å². The van der Waals surface area contributed by atoms with Crippen molar-refractivity contribution in [3.63, 3.8) is 0 Å². The van der Waals surface area contributed by atoms with Gasteiger partial charge in [0.1, 0.15) is 0 Å². The summed E-state index contributed by atoms with van der Waals surface area (Å²) in [5.41, 5.74) is 8.07. The Morgan fingerprint density at radius 3 is 2.94 bits per heavy atom. The van der Waals surface area contributed by atoms with Crippen molar-refractivity contribution in [1.82, 2.24) is 0 Å². The lowest BCUT2D eigenvalue weighted by molar-refractivity contribution is 0.202. The van der Waals surface area contributed by atoms with Crippen LogP contribution in [0, 0.1) is 0 Å². The van der Waals surface area contributed by atoms with Gasteiger partial charge in [-0.05, 0) is 30.9 Å². The fourth-order valence-corrected chi connectivity index (χ4v) is 1.64. The number of hydrogen-bond acceptors (Lipinski definition) is 2. The molecule has 1 fully saturated rings. The van der Waals surface area contributed by atoms with Crippen LogP contribution in [0.3, 0.4) is 0 Å². The highest BCUT2D eigenvalue weighted by atomic mass is 16.5. The lowest BCUT2D eigenvalue weighted by Crippen LogP contribution is -2.23. The van der Waals surface area contributed by atoms with Crippen LogP contribution in [0.25, 0.3) is 0 Å². The Morgan fingerprint density at radius 2 is 2.24 bits per heavy atom. The van der Waals surface area contributed by atoms with Gasteiger partial charge < -0.3 is 15.8 Å². The number of nitrogens with two attached hydrogens (primary N) is 1. The van der Waals surface area contributed by atoms with Gasteiger partial charge in [0.2, 0.25) is 0 Å². The number of nitrogens with zero attached hydrogens (tertiary/aromatic N) is 1. The molecule has 0 bridgehead atoms. The van der Waals surface area contributed by atoms with E-state index in [4.69, 9.17) is 10.5 Å². The Balaban J connectivity index is 2.02. The number of benzene rings is 1. The van der Waals surface area contributed by atoms with Gasteiger partial charge in [0.25, 0.3) is 0 Å². The van der Waals surface area contributed by atoms with Crippen LogP contribution < -0.4 is 11.1 Å². The van der Waals surface area contributed by atoms with Crippen LogP contribution in [0.15, 0.2) is 29.3 Å². The molecule has 1 saturated carbocycles. The summed E-state index contributed by atoms with van der Waals surface area (Å²) >= 11 is 0. The van der Waals surface area contributed by atoms with Crippen LogP contribution >= 0.6 is 0 Å². The number of hydrogen-bond donors (Lipinski definition) is 2. The molecule has 4 heteroatoms. The first-order valence-electron chi connectivity index (χ1n) is 5.96. The highest BCUT2D eigenvalue weighted by Gasteiger charge is 2.20. The van der Waals surface area contributed by atoms with Crippen LogP contribution in [0.5, 0.6) is 0 Å². The van der Waals surface area contributed by atoms with Gasteiger partial charge in [-0.25, -0.2) is 4.99 Å². The molecule has 3 N–H and O–H groups in total. The first-order chi connectivity index (χ1) is 8.29. The van der Waals surface area contributed by atoms with Crippen molar-refractivity contribution >= 4 is 11.6 Å². The zero-order valence-electron chi connectivity index (χ0n) is 10.1. The van der Waals surface area contributed by atoms with E-state index in [1.165, 1.54) is 5.56 Å². The standard InChI is InChI=1S/C13H19N3O/c1-17-9-8-10-4-2-3-5-12(10)16-13(14)15-11-6-7-11/h2-5,11H,6-9H2,1H3,(H3,14,15,16). The van der Waals surface area contributed by atoms with E-state index in [1.54, 1.807) is 7.11 Å². The van der Waals surface area contributed by atoms with Gasteiger partial charge in [-0.3, -0.25) is 0 Å². The Bertz CT molecular complexity index is 399. The number of methoxy groups -OCH3 is 1. The quantitative estimate of drug-likeness (QED) is 0.602. The van der Waals surface area contributed by atoms with Crippen molar-refractivity contribution in [3.05, 3.63) is 29.8 Å². The number of rotatable bonds is 5. The molecule has 0 atom stereocenters. The number of ether oxygens (including phenoxy) is 1. The van der Waals surface area contributed by atoms with Crippen molar-refractivity contribution in [2.24, 2.45) is 10.7 Å². The molecule has 1 aromatic carbocycles. The van der Waals surface area contributed by atoms with Crippen LogP contribution in [-0.4, -0.2) is 25.7 Å². The molecule has 17 heavy (non-hydrogen) atoms. The minimum absolute atomic E-state index is 0.439. The first-order valence-corrected chi connectivity index (χ1v) is 5.96. The summed E-state index contributed by atoms with van der Waals surface area (Å²) in [5, 5.41) is 3.16. The van der Waals surface area contributed by atoms with Crippen molar-refractivity contribution < 1.29 is 4.74 Å². The van der Waals surface area contributed by atoms with Gasteiger partial charge in [0.05, 0.1) is 12.6 Å². The van der Waals surface area contributed by atoms with Gasteiger partial charge in [0.15, 0.2) is 5.96 Å². The second-order valence-electron chi connectivity index (χ2n) is 4.27. The summed E-state index contributed by atoms with van der Waals surface area (Å²) in [7, 11) is 1.71. The highest BCUT2D eigenvalue weighted by molar-refractivity contribution is 5.93. The largest absolute Gasteiger partial charge is 0.384 e. The first kappa shape index (κ1) is 11.9. The molecular weight excluding hydrogens is 214 g/mol. The predicted octanol–water partition coefficient (Wildman–Crippen LogP) is 1.76. The molecule has 2 rings (SSSR count). The molecule has 1 aromatic rings. The minimum Gasteiger partial charge on any atom is -0.384 e. The lowest BCUT2D eigenvalue weighted by Gasteiger charge is -2.11. The molecule has 0 unspecified atom stereocenters. The molecule has 4 nitrogen and oxygen atoms in total. The van der Waals surface area contributed by atoms with Gasteiger partial charge in [-0.15, -0.1) is 0 Å². The van der Waals surface area contributed by atoms with Crippen LogP contribution in [0.1, 0.15) is 18.4 Å². The maximum atomic E-state index is 5.85. The highest BCUT2D eigenvalue weighted by Crippen LogP contribution is 2.23. The maximum Gasteiger partial charge on any atom is 0.193 e. The van der Waals surface area contributed by atoms with Crippen molar-refractivity contribution in [3.8, 4) is 0 Å². The molecule has 0 amide bonds. The maximum absolute atomic E-state index is 5.85. The Kier molecular flexibility index (Phi) is 3.98. The van der Waals surface area contributed by atoms with E-state index in [0.29, 0.717) is 18.6 Å². The molecule has 0 radical (unpaired) electrons. The Labute approximate surface area is 102 Å². The number of anilines is 1. The van der Waals surface area contributed by atoms with E-state index in [2.05, 4.69) is 16.4 Å². The van der Waals surface area contributed by atoms with Gasteiger partial charge in [-0.1, -0.05) is 18.2 Å². The molecule has 0 heterocycles. The second-order valence-corrected chi connectivity index (χ2v) is 4.27. The molecule has 0 spiro atoms. The van der Waals surface area contributed by atoms with E-state index < -0.39 is 0 Å². The molecule has 0 saturated heterocycles. The third-order valence-electron chi connectivity index (χ3n) is 2.72. The number of guanidine groups is 1. The zero-order chi connectivity index (χ0) is 12.1. The average Bonchev–Trinajstić information content (AvgIpc) is 3.11. The predicted molar refractivity (Wildman–Crippen MR) is 70.3 cm³/mol. The number of para-hydroxylation sites is 1. The van der Waals surface area contributed by atoms with Gasteiger partial charge >= 0.3 is 0 Å². The fraction of sp³-hybridized carbons (Fsp3) is 0.462. The molecule has 1 aliphatic rings. The molecule has 0 aliphatic heterocycles. The summed E-state index contributed by atoms with van der Waals surface area (Å²) in [6.07, 6.45) is 3.19. The summed E-state index contributed by atoms with van der Waals surface area (Å²) in [6.45, 7) is 0.707. The average molecular weight is 233 g/mol. The Morgan fingerprint density at radius 1 is 1.47 bits per heavy atom. The van der Waals surface area contributed by atoms with E-state index in [1.807, 2.05) is 18.2 Å². The molecule has 0 aromatic heterocycles. The van der Waals surface area contributed by atoms with Gasteiger partial charge in [-0.2, -0.15) is 0 Å². The summed E-state index contributed by atoms with van der Waals surface area (Å²) in [4.78, 5) is 4.36. The van der Waals surface area contributed by atoms with Crippen molar-refractivity contribution in [1.29, 1.82) is 0 Å². The third-order valence-corrected chi connectivity index (χ3v) is 2.72. The molecule has 92 valence electrons. The smallest absolute Gasteiger partial charge is 0.193 e. The number of nitrogens with one attached hydrogen (secondary N) is 1.